The molecule has 0 aromatic carbocycles. The normalized spacial score (nSPS) is 62.7. The zero-order valence-corrected chi connectivity index (χ0v) is 15.5. The predicted molar refractivity (Wildman–Crippen MR) is 91.7 cm³/mol. The highest BCUT2D eigenvalue weighted by molar-refractivity contribution is 5.79. The van der Waals surface area contributed by atoms with Crippen LogP contribution in [0.1, 0.15) is 58.3 Å². The van der Waals surface area contributed by atoms with Gasteiger partial charge in [-0.2, -0.15) is 0 Å². The molecule has 6 aliphatic rings. The SMILES string of the molecule is C[C@]12CCC(=O)C[C@@H]1CC[C@@H]1[C@@H]2[C@H]2C[C@]34C(O2)O[C@](O)(CO)[C@H]3CC[C@@H]14. The van der Waals surface area contributed by atoms with Gasteiger partial charge in [-0.15, -0.1) is 0 Å². The van der Waals surface area contributed by atoms with Crippen molar-refractivity contribution in [3.05, 3.63) is 0 Å². The molecule has 2 bridgehead atoms. The van der Waals surface area contributed by atoms with E-state index < -0.39 is 5.79 Å². The number of ether oxygens (including phenoxy) is 2. The maximum atomic E-state index is 12.1. The van der Waals surface area contributed by atoms with Gasteiger partial charge in [-0.05, 0) is 67.6 Å². The molecular formula is C21H30O5. The van der Waals surface area contributed by atoms with Crippen LogP contribution in [-0.2, 0) is 14.3 Å². The Morgan fingerprint density at radius 2 is 2.08 bits per heavy atom. The molecule has 0 aromatic rings. The van der Waals surface area contributed by atoms with Crippen molar-refractivity contribution >= 4 is 5.78 Å². The Labute approximate surface area is 154 Å². The summed E-state index contributed by atoms with van der Waals surface area (Å²) in [6.45, 7) is 2.08. The quantitative estimate of drug-likeness (QED) is 0.748. The second-order valence-corrected chi connectivity index (χ2v) is 10.4. The van der Waals surface area contributed by atoms with Crippen molar-refractivity contribution in [1.29, 1.82) is 0 Å². The number of rotatable bonds is 1. The molecule has 4 aliphatic carbocycles. The maximum absolute atomic E-state index is 12.1. The third-order valence-corrected chi connectivity index (χ3v) is 9.82. The average molecular weight is 362 g/mol. The van der Waals surface area contributed by atoms with Gasteiger partial charge in [-0.3, -0.25) is 4.79 Å². The van der Waals surface area contributed by atoms with Gasteiger partial charge in [0, 0.05) is 24.2 Å². The molecule has 144 valence electrons. The fourth-order valence-corrected chi connectivity index (χ4v) is 8.88. The molecule has 26 heavy (non-hydrogen) atoms. The molecule has 0 aromatic heterocycles. The molecule has 2 saturated heterocycles. The van der Waals surface area contributed by atoms with Crippen molar-refractivity contribution in [2.45, 2.75) is 76.5 Å². The summed E-state index contributed by atoms with van der Waals surface area (Å²) in [5.74, 6) is 1.19. The lowest BCUT2D eigenvalue weighted by Gasteiger charge is -2.59. The highest BCUT2D eigenvalue weighted by atomic mass is 16.8. The van der Waals surface area contributed by atoms with Gasteiger partial charge in [-0.1, -0.05) is 6.92 Å². The Kier molecular flexibility index (Phi) is 3.11. The highest BCUT2D eigenvalue weighted by Crippen LogP contribution is 2.75. The molecule has 4 saturated carbocycles. The molecule has 2 aliphatic heterocycles. The fraction of sp³-hybridized carbons (Fsp3) is 0.952. The van der Waals surface area contributed by atoms with Gasteiger partial charge in [0.05, 0.1) is 12.7 Å². The molecule has 1 unspecified atom stereocenters. The van der Waals surface area contributed by atoms with E-state index in [0.717, 1.165) is 44.9 Å². The first-order chi connectivity index (χ1) is 12.4. The van der Waals surface area contributed by atoms with Crippen LogP contribution in [0.5, 0.6) is 0 Å². The van der Waals surface area contributed by atoms with E-state index in [1.54, 1.807) is 0 Å². The van der Waals surface area contributed by atoms with E-state index in [2.05, 4.69) is 6.92 Å². The minimum atomic E-state index is -1.42. The van der Waals surface area contributed by atoms with Crippen molar-refractivity contribution in [2.24, 2.45) is 40.4 Å². The van der Waals surface area contributed by atoms with Crippen LogP contribution in [0.2, 0.25) is 0 Å². The van der Waals surface area contributed by atoms with Gasteiger partial charge in [0.2, 0.25) is 0 Å². The highest BCUT2D eigenvalue weighted by Gasteiger charge is 2.78. The third kappa shape index (κ3) is 1.67. The predicted octanol–water partition coefficient (Wildman–Crippen LogP) is 2.24. The number of carbonyl (C=O) groups excluding carboxylic acids is 1. The molecule has 1 spiro atoms. The summed E-state index contributed by atoms with van der Waals surface area (Å²) in [5.41, 5.74) is 0.101. The lowest BCUT2D eigenvalue weighted by molar-refractivity contribution is -0.282. The van der Waals surface area contributed by atoms with E-state index in [1.165, 1.54) is 6.42 Å². The summed E-state index contributed by atoms with van der Waals surface area (Å²) in [7, 11) is 0. The third-order valence-electron chi connectivity index (χ3n) is 9.82. The van der Waals surface area contributed by atoms with E-state index in [0.29, 0.717) is 29.5 Å². The van der Waals surface area contributed by atoms with Crippen molar-refractivity contribution in [3.8, 4) is 0 Å². The van der Waals surface area contributed by atoms with E-state index in [9.17, 15) is 15.0 Å². The lowest BCUT2D eigenvalue weighted by atomic mass is 9.44. The van der Waals surface area contributed by atoms with E-state index >= 15 is 0 Å². The standard InChI is InChI=1S/C21H30O5/c1-19-7-6-12(23)8-11(19)2-3-13-14-4-5-16-20(14)9-15(17(13)19)25-18(20)26-21(16,24)10-22/h11,13-18,22,24H,2-10H2,1H3/t11-,13-,14-,15+,16-,17+,18?,19-,20+,21+/m0/s1. The number of fused-ring (bicyclic) bond motifs is 6. The molecule has 10 atom stereocenters. The minimum Gasteiger partial charge on any atom is -0.391 e. The molecule has 5 nitrogen and oxygen atoms in total. The fourth-order valence-electron chi connectivity index (χ4n) is 8.88. The number of ketones is 1. The van der Waals surface area contributed by atoms with Crippen LogP contribution in [-0.4, -0.2) is 40.8 Å². The van der Waals surface area contributed by atoms with Gasteiger partial charge in [0.15, 0.2) is 12.1 Å². The van der Waals surface area contributed by atoms with Crippen LogP contribution in [0.25, 0.3) is 0 Å². The first-order valence-electron chi connectivity index (χ1n) is 10.6. The monoisotopic (exact) mass is 362 g/mol. The van der Waals surface area contributed by atoms with Gasteiger partial charge in [-0.25, -0.2) is 0 Å². The summed E-state index contributed by atoms with van der Waals surface area (Å²) in [5, 5.41) is 20.7. The van der Waals surface area contributed by atoms with Crippen molar-refractivity contribution < 1.29 is 24.5 Å². The second kappa shape index (κ2) is 4.91. The molecule has 6 fully saturated rings. The number of aliphatic hydroxyl groups excluding tert-OH is 1. The Morgan fingerprint density at radius 3 is 2.88 bits per heavy atom. The lowest BCUT2D eigenvalue weighted by Crippen LogP contribution is -2.57. The minimum absolute atomic E-state index is 0.000543. The molecule has 5 heteroatoms. The van der Waals surface area contributed by atoms with Crippen molar-refractivity contribution in [2.75, 3.05) is 6.61 Å². The van der Waals surface area contributed by atoms with Gasteiger partial charge in [0.1, 0.15) is 5.78 Å². The largest absolute Gasteiger partial charge is 0.391 e. The van der Waals surface area contributed by atoms with Crippen molar-refractivity contribution in [1.82, 2.24) is 0 Å². The average Bonchev–Trinajstić information content (AvgIpc) is 3.21. The first kappa shape index (κ1) is 16.5. The summed E-state index contributed by atoms with van der Waals surface area (Å²) >= 11 is 0. The number of hydrogen-bond acceptors (Lipinski definition) is 5. The zero-order chi connectivity index (χ0) is 17.9. The van der Waals surface area contributed by atoms with Crippen LogP contribution in [0.3, 0.4) is 0 Å². The number of carbonyl (C=O) groups is 1. The van der Waals surface area contributed by atoms with E-state index in [4.69, 9.17) is 9.47 Å². The number of aliphatic hydroxyl groups is 2. The van der Waals surface area contributed by atoms with Gasteiger partial charge >= 0.3 is 0 Å². The van der Waals surface area contributed by atoms with Crippen LogP contribution in [0, 0.1) is 40.4 Å². The number of Topliss-reactive ketones (excluding diaryl/α,β-unsaturated/α-hetero) is 1. The molecule has 0 radical (unpaired) electrons. The van der Waals surface area contributed by atoms with Gasteiger partial charge in [0.25, 0.3) is 0 Å². The summed E-state index contributed by atoms with van der Waals surface area (Å²) in [4.78, 5) is 12.1. The molecule has 6 rings (SSSR count). The summed E-state index contributed by atoms with van der Waals surface area (Å²) in [6, 6.07) is 0. The topological polar surface area (TPSA) is 76.0 Å². The molecular weight excluding hydrogens is 332 g/mol. The van der Waals surface area contributed by atoms with E-state index in [1.807, 2.05) is 0 Å². The Balaban J connectivity index is 1.41. The summed E-state index contributed by atoms with van der Waals surface area (Å²) in [6.07, 6.45) is 7.66. The van der Waals surface area contributed by atoms with Crippen LogP contribution in [0.4, 0.5) is 0 Å². The van der Waals surface area contributed by atoms with E-state index in [-0.39, 0.29) is 35.7 Å². The van der Waals surface area contributed by atoms with Crippen molar-refractivity contribution in [3.63, 3.8) is 0 Å². The first-order valence-corrected chi connectivity index (χ1v) is 10.6. The number of hydrogen-bond donors (Lipinski definition) is 2. The zero-order valence-electron chi connectivity index (χ0n) is 15.5. The van der Waals surface area contributed by atoms with Gasteiger partial charge < -0.3 is 19.7 Å². The smallest absolute Gasteiger partial charge is 0.195 e. The molecule has 0 amide bonds. The Bertz CT molecular complexity index is 665. The van der Waals surface area contributed by atoms with Crippen LogP contribution in [0.15, 0.2) is 0 Å². The molecule has 2 N–H and O–H groups in total. The second-order valence-electron chi connectivity index (χ2n) is 10.4. The summed E-state index contributed by atoms with van der Waals surface area (Å²) < 4.78 is 12.5. The molecule has 2 heterocycles. The van der Waals surface area contributed by atoms with Crippen LogP contribution < -0.4 is 0 Å². The Hall–Kier alpha value is -0.490. The van der Waals surface area contributed by atoms with Crippen LogP contribution >= 0.6 is 0 Å². The Morgan fingerprint density at radius 1 is 1.23 bits per heavy atom. The maximum Gasteiger partial charge on any atom is 0.195 e.